The van der Waals surface area contributed by atoms with Gasteiger partial charge in [-0.05, 0) is 20.7 Å². The lowest BCUT2D eigenvalue weighted by Gasteiger charge is -1.98. The lowest BCUT2D eigenvalue weighted by Crippen LogP contribution is -2.07. The summed E-state index contributed by atoms with van der Waals surface area (Å²) in [6.07, 6.45) is 1.62. The van der Waals surface area contributed by atoms with Gasteiger partial charge in [-0.2, -0.15) is 5.10 Å². The Bertz CT molecular complexity index is 587. The first kappa shape index (κ1) is 12.9. The summed E-state index contributed by atoms with van der Waals surface area (Å²) in [5.41, 5.74) is 1.13. The summed E-state index contributed by atoms with van der Waals surface area (Å²) in [6, 6.07) is 3.37. The molecule has 2 heterocycles. The van der Waals surface area contributed by atoms with Gasteiger partial charge in [0.2, 0.25) is 0 Å². The van der Waals surface area contributed by atoms with Gasteiger partial charge < -0.3 is 5.11 Å². The zero-order chi connectivity index (χ0) is 13.1. The van der Waals surface area contributed by atoms with Crippen LogP contribution >= 0.6 is 20.2 Å². The number of hydrogen-bond donors (Lipinski definition) is 1. The normalized spacial score (nSPS) is 11.2. The monoisotopic (exact) mass is 284 g/mol. The summed E-state index contributed by atoms with van der Waals surface area (Å²) in [4.78, 5) is 18.9. The predicted molar refractivity (Wildman–Crippen MR) is 69.7 cm³/mol. The van der Waals surface area contributed by atoms with Crippen molar-refractivity contribution in [2.24, 2.45) is 7.05 Å². The molecule has 0 aliphatic rings. The molecule has 0 bridgehead atoms. The standard InChI is InChI=1S/C10H10ClN4O2P/c1-15-9(7-4-6(11)2-3-12-7)13-10(14-15)18-5-8(16)17/h2-4,18H,5H2,1H3,(H,16,17). The number of pyridine rings is 1. The zero-order valence-electron chi connectivity index (χ0n) is 9.46. The maximum Gasteiger partial charge on any atom is 0.307 e. The van der Waals surface area contributed by atoms with Gasteiger partial charge in [0.25, 0.3) is 0 Å². The van der Waals surface area contributed by atoms with E-state index in [2.05, 4.69) is 15.1 Å². The maximum absolute atomic E-state index is 10.5. The Balaban J connectivity index is 2.26. The van der Waals surface area contributed by atoms with Crippen LogP contribution in [0.4, 0.5) is 0 Å². The van der Waals surface area contributed by atoms with Gasteiger partial charge in [-0.15, -0.1) is 0 Å². The quantitative estimate of drug-likeness (QED) is 0.844. The molecular formula is C10H10ClN4O2P. The van der Waals surface area contributed by atoms with Crippen molar-refractivity contribution in [3.8, 4) is 11.5 Å². The molecule has 0 aromatic carbocycles. The minimum absolute atomic E-state index is 0.0342. The molecule has 2 aromatic rings. The summed E-state index contributed by atoms with van der Waals surface area (Å²) < 4.78 is 1.57. The lowest BCUT2D eigenvalue weighted by atomic mass is 10.3. The molecule has 18 heavy (non-hydrogen) atoms. The third-order valence-corrected chi connectivity index (χ3v) is 3.35. The fourth-order valence-corrected chi connectivity index (χ4v) is 2.24. The molecule has 0 aliphatic carbocycles. The van der Waals surface area contributed by atoms with E-state index in [9.17, 15) is 4.79 Å². The summed E-state index contributed by atoms with van der Waals surface area (Å²) in [5, 5.41) is 13.3. The molecule has 2 rings (SSSR count). The van der Waals surface area contributed by atoms with Crippen molar-refractivity contribution in [3.63, 3.8) is 0 Å². The molecule has 94 valence electrons. The van der Waals surface area contributed by atoms with E-state index in [4.69, 9.17) is 16.7 Å². The minimum atomic E-state index is -0.858. The first-order valence-corrected chi connectivity index (χ1v) is 6.63. The second-order valence-electron chi connectivity index (χ2n) is 3.49. The van der Waals surface area contributed by atoms with Crippen molar-refractivity contribution in [1.82, 2.24) is 19.7 Å². The molecular weight excluding hydrogens is 275 g/mol. The molecule has 0 aliphatic heterocycles. The maximum atomic E-state index is 10.5. The van der Waals surface area contributed by atoms with Gasteiger partial charge in [0.05, 0.1) is 6.16 Å². The number of carboxylic acid groups (broad SMARTS) is 1. The molecule has 0 fully saturated rings. The average Bonchev–Trinajstić information content (AvgIpc) is 2.68. The van der Waals surface area contributed by atoms with Crippen molar-refractivity contribution < 1.29 is 9.90 Å². The molecule has 0 spiro atoms. The predicted octanol–water partition coefficient (Wildman–Crippen LogP) is 0.919. The van der Waals surface area contributed by atoms with Crippen LogP contribution in [0.15, 0.2) is 18.3 Å². The first-order valence-electron chi connectivity index (χ1n) is 5.05. The Hall–Kier alpha value is -1.52. The van der Waals surface area contributed by atoms with Crippen LogP contribution < -0.4 is 5.57 Å². The van der Waals surface area contributed by atoms with E-state index in [-0.39, 0.29) is 14.7 Å². The van der Waals surface area contributed by atoms with Gasteiger partial charge in [-0.1, -0.05) is 11.6 Å². The molecule has 1 unspecified atom stereocenters. The topological polar surface area (TPSA) is 80.9 Å². The Morgan fingerprint density at radius 1 is 1.61 bits per heavy atom. The molecule has 2 aromatic heterocycles. The number of halogens is 1. The fourth-order valence-electron chi connectivity index (χ4n) is 1.36. The second kappa shape index (κ2) is 5.42. The summed E-state index contributed by atoms with van der Waals surface area (Å²) in [6.45, 7) is 0. The molecule has 1 atom stereocenters. The Morgan fingerprint density at radius 3 is 3.06 bits per heavy atom. The van der Waals surface area contributed by atoms with E-state index >= 15 is 0 Å². The first-order chi connectivity index (χ1) is 8.56. The third-order valence-electron chi connectivity index (χ3n) is 2.11. The number of aliphatic carboxylic acids is 1. The Morgan fingerprint density at radius 2 is 2.39 bits per heavy atom. The number of nitrogens with zero attached hydrogens (tertiary/aromatic N) is 4. The van der Waals surface area contributed by atoms with Crippen molar-refractivity contribution >= 4 is 31.7 Å². The molecule has 0 amide bonds. The summed E-state index contributed by atoms with van der Waals surface area (Å²) in [7, 11) is 1.78. The molecule has 0 saturated carbocycles. The van der Waals surface area contributed by atoms with Crippen LogP contribution in [-0.2, 0) is 11.8 Å². The highest BCUT2D eigenvalue weighted by Crippen LogP contribution is 2.18. The van der Waals surface area contributed by atoms with E-state index in [0.717, 1.165) is 0 Å². The van der Waals surface area contributed by atoms with Gasteiger partial charge in [-0.25, -0.2) is 9.67 Å². The van der Waals surface area contributed by atoms with E-state index < -0.39 is 5.97 Å². The summed E-state index contributed by atoms with van der Waals surface area (Å²) in [5.74, 6) is -0.284. The zero-order valence-corrected chi connectivity index (χ0v) is 11.2. The SMILES string of the molecule is Cn1nc(PCC(=O)O)nc1-c1cc(Cl)ccn1. The number of carboxylic acids is 1. The highest BCUT2D eigenvalue weighted by Gasteiger charge is 2.11. The lowest BCUT2D eigenvalue weighted by molar-refractivity contribution is -0.133. The van der Waals surface area contributed by atoms with Crippen molar-refractivity contribution in [2.75, 3.05) is 6.16 Å². The van der Waals surface area contributed by atoms with E-state index in [1.54, 1.807) is 30.1 Å². The van der Waals surface area contributed by atoms with Crippen LogP contribution in [0.5, 0.6) is 0 Å². The number of carbonyl (C=O) groups is 1. The van der Waals surface area contributed by atoms with Crippen molar-refractivity contribution in [1.29, 1.82) is 0 Å². The van der Waals surface area contributed by atoms with Gasteiger partial charge in [-0.3, -0.25) is 9.78 Å². The summed E-state index contributed by atoms with van der Waals surface area (Å²) >= 11 is 5.88. The van der Waals surface area contributed by atoms with E-state index in [0.29, 0.717) is 22.1 Å². The van der Waals surface area contributed by atoms with Gasteiger partial charge in [0.15, 0.2) is 11.4 Å². The number of hydrogen-bond acceptors (Lipinski definition) is 4. The molecule has 8 heteroatoms. The smallest absolute Gasteiger partial charge is 0.307 e. The highest BCUT2D eigenvalue weighted by molar-refractivity contribution is 7.47. The third kappa shape index (κ3) is 3.03. The molecule has 1 N–H and O–H groups in total. The van der Waals surface area contributed by atoms with Crippen LogP contribution in [0.25, 0.3) is 11.5 Å². The van der Waals surface area contributed by atoms with E-state index in [1.165, 1.54) is 0 Å². The fraction of sp³-hybridized carbons (Fsp3) is 0.200. The van der Waals surface area contributed by atoms with E-state index in [1.807, 2.05) is 0 Å². The van der Waals surface area contributed by atoms with Crippen LogP contribution in [0.1, 0.15) is 0 Å². The van der Waals surface area contributed by atoms with Gasteiger partial charge in [0.1, 0.15) is 5.69 Å². The average molecular weight is 285 g/mol. The van der Waals surface area contributed by atoms with Crippen LogP contribution in [-0.4, -0.2) is 37.0 Å². The van der Waals surface area contributed by atoms with Gasteiger partial charge in [0, 0.05) is 18.3 Å². The van der Waals surface area contributed by atoms with Crippen molar-refractivity contribution in [3.05, 3.63) is 23.4 Å². The second-order valence-corrected chi connectivity index (χ2v) is 5.08. The van der Waals surface area contributed by atoms with Crippen LogP contribution in [0, 0.1) is 0 Å². The number of aromatic nitrogens is 4. The molecule has 6 nitrogen and oxygen atoms in total. The molecule has 0 saturated heterocycles. The molecule has 0 radical (unpaired) electrons. The van der Waals surface area contributed by atoms with Crippen LogP contribution in [0.2, 0.25) is 5.02 Å². The highest BCUT2D eigenvalue weighted by atomic mass is 35.5. The minimum Gasteiger partial charge on any atom is -0.481 e. The number of aryl methyl sites for hydroxylation is 1. The Kier molecular flexibility index (Phi) is 3.89. The van der Waals surface area contributed by atoms with Crippen LogP contribution in [0.3, 0.4) is 0 Å². The van der Waals surface area contributed by atoms with Gasteiger partial charge >= 0.3 is 5.97 Å². The number of rotatable bonds is 4. The largest absolute Gasteiger partial charge is 0.481 e. The van der Waals surface area contributed by atoms with Crippen molar-refractivity contribution in [2.45, 2.75) is 0 Å². The Labute approximate surface area is 110 Å².